The van der Waals surface area contributed by atoms with Gasteiger partial charge in [-0.15, -0.1) is 0 Å². The Balaban J connectivity index is 1.23. The minimum atomic E-state index is -0.165. The number of aromatic nitrogens is 4. The number of aromatic amines is 2. The normalized spacial score (nSPS) is 19.7. The largest absolute Gasteiger partial charge is 0.468 e. The number of hydrogen-bond acceptors (Lipinski definition) is 7. The van der Waals surface area contributed by atoms with E-state index in [1.807, 2.05) is 12.4 Å². The highest BCUT2D eigenvalue weighted by atomic mass is 16.5. The first-order valence-electron chi connectivity index (χ1n) is 14.8. The zero-order valence-electron chi connectivity index (χ0n) is 24.3. The van der Waals surface area contributed by atoms with Crippen molar-refractivity contribution in [3.63, 3.8) is 0 Å². The summed E-state index contributed by atoms with van der Waals surface area (Å²) in [4.78, 5) is 35.4. The second-order valence-electron chi connectivity index (χ2n) is 11.7. The lowest BCUT2D eigenvalue weighted by Crippen LogP contribution is -2.45. The molecule has 2 fully saturated rings. The number of esters is 1. The first-order chi connectivity index (χ1) is 19.5. The van der Waals surface area contributed by atoms with Crippen LogP contribution in [-0.4, -0.2) is 79.4 Å². The molecule has 2 aliphatic heterocycles. The average molecular weight is 548 g/mol. The van der Waals surface area contributed by atoms with Gasteiger partial charge in [0.15, 0.2) is 0 Å². The maximum absolute atomic E-state index is 12.8. The smallest absolute Gasteiger partial charge is 0.323 e. The first kappa shape index (κ1) is 28.5. The summed E-state index contributed by atoms with van der Waals surface area (Å²) in [5.41, 5.74) is 2.67. The van der Waals surface area contributed by atoms with Crippen LogP contribution >= 0.6 is 0 Å². The molecule has 0 aliphatic carbocycles. The fourth-order valence-electron chi connectivity index (χ4n) is 6.81. The number of hydrogen-bond donors (Lipinski definition) is 2. The molecule has 2 aliphatic rings. The molecule has 2 saturated heterocycles. The van der Waals surface area contributed by atoms with Gasteiger partial charge in [0.05, 0.1) is 20.2 Å². The van der Waals surface area contributed by atoms with Crippen molar-refractivity contribution in [3.8, 4) is 0 Å². The number of carbonyl (C=O) groups is 1. The molecule has 2 aromatic heterocycles. The Labute approximate surface area is 238 Å². The van der Waals surface area contributed by atoms with Gasteiger partial charge in [0.1, 0.15) is 17.7 Å². The third-order valence-electron chi connectivity index (χ3n) is 9.07. The van der Waals surface area contributed by atoms with Gasteiger partial charge in [-0.25, -0.2) is 9.97 Å². The van der Waals surface area contributed by atoms with Crippen molar-refractivity contribution in [2.24, 2.45) is 5.41 Å². The third kappa shape index (κ3) is 6.82. The summed E-state index contributed by atoms with van der Waals surface area (Å²) < 4.78 is 5.27. The van der Waals surface area contributed by atoms with E-state index in [-0.39, 0.29) is 17.4 Å². The minimum absolute atomic E-state index is 0.0950. The minimum Gasteiger partial charge on any atom is -0.468 e. The Morgan fingerprint density at radius 3 is 2.12 bits per heavy atom. The Morgan fingerprint density at radius 2 is 1.60 bits per heavy atom. The number of nitrogens with zero attached hydrogens (tertiary/aromatic N) is 5. The van der Waals surface area contributed by atoms with Gasteiger partial charge >= 0.3 is 5.97 Å². The highest BCUT2D eigenvalue weighted by Gasteiger charge is 2.48. The molecule has 9 nitrogen and oxygen atoms in total. The number of methoxy groups -OCH3 is 1. The van der Waals surface area contributed by atoms with Gasteiger partial charge in [0, 0.05) is 50.5 Å². The van der Waals surface area contributed by atoms with E-state index in [1.165, 1.54) is 31.1 Å². The average Bonchev–Trinajstić information content (AvgIpc) is 3.74. The maximum Gasteiger partial charge on any atom is 0.323 e. The molecule has 40 heavy (non-hydrogen) atoms. The predicted octanol–water partition coefficient (Wildman–Crippen LogP) is 4.35. The number of H-pyrrole nitrogens is 2. The topological polar surface area (TPSA) is 93.4 Å². The summed E-state index contributed by atoms with van der Waals surface area (Å²) >= 11 is 0. The summed E-state index contributed by atoms with van der Waals surface area (Å²) in [7, 11) is 1.52. The highest BCUT2D eigenvalue weighted by Crippen LogP contribution is 2.44. The summed E-state index contributed by atoms with van der Waals surface area (Å²) in [5.74, 6) is 1.78. The van der Waals surface area contributed by atoms with Crippen molar-refractivity contribution in [2.75, 3.05) is 26.7 Å². The molecule has 0 radical (unpaired) electrons. The van der Waals surface area contributed by atoms with E-state index in [0.717, 1.165) is 63.6 Å². The van der Waals surface area contributed by atoms with Crippen LogP contribution in [0.5, 0.6) is 0 Å². The molecule has 1 spiro atoms. The number of nitrogens with one attached hydrogen (secondary N) is 2. The molecule has 2 N–H and O–H groups in total. The molecule has 216 valence electrons. The van der Waals surface area contributed by atoms with Crippen LogP contribution in [0, 0.1) is 5.41 Å². The zero-order valence-corrected chi connectivity index (χ0v) is 24.3. The van der Waals surface area contributed by atoms with Crippen molar-refractivity contribution in [1.82, 2.24) is 34.6 Å². The van der Waals surface area contributed by atoms with Gasteiger partial charge in [-0.1, -0.05) is 38.1 Å². The van der Waals surface area contributed by atoms with E-state index < -0.39 is 0 Å². The number of imidazole rings is 2. The first-order valence-corrected chi connectivity index (χ1v) is 14.8. The molecular formula is C31H45N7O2. The number of carbonyl (C=O) groups excluding carboxylic acids is 1. The number of ether oxygens (including phenoxy) is 1. The molecular weight excluding hydrogens is 502 g/mol. The molecule has 3 aromatic rings. The van der Waals surface area contributed by atoms with Gasteiger partial charge in [0.2, 0.25) is 0 Å². The van der Waals surface area contributed by atoms with E-state index in [1.54, 1.807) is 12.4 Å². The van der Waals surface area contributed by atoms with Crippen molar-refractivity contribution in [1.29, 1.82) is 0 Å². The maximum atomic E-state index is 12.8. The predicted molar refractivity (Wildman–Crippen MR) is 155 cm³/mol. The van der Waals surface area contributed by atoms with Gasteiger partial charge in [-0.2, -0.15) is 0 Å². The van der Waals surface area contributed by atoms with Gasteiger partial charge in [-0.3, -0.25) is 14.6 Å². The number of rotatable bonds is 12. The molecule has 1 atom stereocenters. The van der Waals surface area contributed by atoms with Crippen molar-refractivity contribution >= 4 is 5.97 Å². The molecule has 1 aromatic carbocycles. The van der Waals surface area contributed by atoms with Gasteiger partial charge in [-0.05, 0) is 61.7 Å². The van der Waals surface area contributed by atoms with E-state index in [0.29, 0.717) is 19.1 Å². The quantitative estimate of drug-likeness (QED) is 0.326. The third-order valence-corrected chi connectivity index (χ3v) is 9.07. The summed E-state index contributed by atoms with van der Waals surface area (Å²) in [6.45, 7) is 10.8. The number of benzene rings is 1. The molecule has 5 rings (SSSR count). The Morgan fingerprint density at radius 1 is 1.00 bits per heavy atom. The number of piperidine rings is 1. The van der Waals surface area contributed by atoms with E-state index in [2.05, 4.69) is 72.7 Å². The summed E-state index contributed by atoms with van der Waals surface area (Å²) in [5, 5.41) is 0. The van der Waals surface area contributed by atoms with Crippen molar-refractivity contribution in [2.45, 2.75) is 84.2 Å². The Bertz CT molecular complexity index is 1130. The molecule has 0 unspecified atom stereocenters. The highest BCUT2D eigenvalue weighted by molar-refractivity contribution is 5.76. The number of likely N-dealkylation sites (tertiary alicyclic amines) is 2. The molecule has 9 heteroatoms. The lowest BCUT2D eigenvalue weighted by atomic mass is 9.76. The lowest BCUT2D eigenvalue weighted by Gasteiger charge is -2.42. The fraction of sp³-hybridized carbons (Fsp3) is 0.581. The van der Waals surface area contributed by atoms with E-state index in [9.17, 15) is 4.79 Å². The van der Waals surface area contributed by atoms with Crippen molar-refractivity contribution < 1.29 is 9.53 Å². The summed E-state index contributed by atoms with van der Waals surface area (Å²) in [6, 6.07) is 9.35. The zero-order chi connectivity index (χ0) is 28.0. The van der Waals surface area contributed by atoms with Crippen LogP contribution in [0.4, 0.5) is 0 Å². The fourth-order valence-corrected chi connectivity index (χ4v) is 6.81. The van der Waals surface area contributed by atoms with Crippen LogP contribution in [0.1, 0.15) is 68.7 Å². The van der Waals surface area contributed by atoms with Gasteiger partial charge < -0.3 is 19.6 Å². The van der Waals surface area contributed by atoms with Crippen molar-refractivity contribution in [3.05, 3.63) is 71.8 Å². The van der Waals surface area contributed by atoms with Crippen LogP contribution in [0.25, 0.3) is 0 Å². The van der Waals surface area contributed by atoms with Crippen LogP contribution in [0.15, 0.2) is 49.1 Å². The lowest BCUT2D eigenvalue weighted by molar-refractivity contribution is -0.146. The van der Waals surface area contributed by atoms with Gasteiger partial charge in [0.25, 0.3) is 0 Å². The molecule has 0 amide bonds. The molecule has 0 saturated carbocycles. The van der Waals surface area contributed by atoms with E-state index in [4.69, 9.17) is 4.74 Å². The second kappa shape index (κ2) is 13.1. The SMILES string of the molecule is CCC(CC)N1CCC2(CC1)C[C@@H](C(=O)OC)N(Cc1ccc(CN(Cc3ncc[nH]3)Cc3ncc[nH]3)cc1)C2. The molecule has 4 heterocycles. The van der Waals surface area contributed by atoms with Crippen LogP contribution in [0.2, 0.25) is 0 Å². The van der Waals surface area contributed by atoms with Crippen LogP contribution in [0.3, 0.4) is 0 Å². The monoisotopic (exact) mass is 547 g/mol. The summed E-state index contributed by atoms with van der Waals surface area (Å²) in [6.07, 6.45) is 12.9. The van der Waals surface area contributed by atoms with Crippen LogP contribution < -0.4 is 0 Å². The Kier molecular flexibility index (Phi) is 9.34. The standard InChI is InChI=1S/C31H45N7O2/c1-4-26(5-2)37-16-10-31(11-17-37)18-27(30(39)40-3)38(23-31)20-25-8-6-24(7-9-25)19-36(21-28-32-12-13-33-28)22-29-34-14-15-35-29/h6-9,12-15,26-27H,4-5,10-11,16-23H2,1-3H3,(H,32,33)(H,34,35)/t27-/m0/s1. The van der Waals surface area contributed by atoms with Crippen LogP contribution in [-0.2, 0) is 35.7 Å². The van der Waals surface area contributed by atoms with E-state index >= 15 is 0 Å². The second-order valence-corrected chi connectivity index (χ2v) is 11.7. The molecule has 0 bridgehead atoms. The Hall–Kier alpha value is -3.01.